The molecule has 10 nitrogen and oxygen atoms in total. The van der Waals surface area contributed by atoms with E-state index in [2.05, 4.69) is 20.2 Å². The lowest BCUT2D eigenvalue weighted by molar-refractivity contribution is -0.137. The van der Waals surface area contributed by atoms with Gasteiger partial charge in [0.05, 0.1) is 0 Å². The number of piperidine rings is 1. The molecule has 1 aromatic heterocycles. The van der Waals surface area contributed by atoms with Crippen molar-refractivity contribution in [3.63, 3.8) is 0 Å². The summed E-state index contributed by atoms with van der Waals surface area (Å²) in [6.45, 7) is 7.18. The molecule has 1 saturated heterocycles. The minimum atomic E-state index is -0.737. The van der Waals surface area contributed by atoms with Gasteiger partial charge in [-0.2, -0.15) is 0 Å². The first-order valence-corrected chi connectivity index (χ1v) is 12.6. The number of rotatable bonds is 9. The Bertz CT molecular complexity index is 1080. The number of aromatic nitrogens is 2. The van der Waals surface area contributed by atoms with E-state index < -0.39 is 17.7 Å². The number of ether oxygens (including phenoxy) is 1. The number of alkyl carbamates (subject to hydrolysis) is 1. The van der Waals surface area contributed by atoms with Crippen LogP contribution in [0.5, 0.6) is 0 Å². The highest BCUT2D eigenvalue weighted by Gasteiger charge is 2.22. The molecule has 2 N–H and O–H groups in total. The molecule has 0 unspecified atom stereocenters. The summed E-state index contributed by atoms with van der Waals surface area (Å²) in [6, 6.07) is 7.84. The predicted octanol–water partition coefficient (Wildman–Crippen LogP) is 3.71. The van der Waals surface area contributed by atoms with Crippen LogP contribution in [0.15, 0.2) is 36.7 Å². The normalized spacial score (nSPS) is 14.2. The molecule has 1 fully saturated rings. The fraction of sp³-hybridized carbons (Fsp3) is 0.519. The van der Waals surface area contributed by atoms with Crippen molar-refractivity contribution in [1.29, 1.82) is 0 Å². The van der Waals surface area contributed by atoms with Crippen LogP contribution >= 0.6 is 0 Å². The van der Waals surface area contributed by atoms with Gasteiger partial charge < -0.3 is 25.0 Å². The molecular weight excluding hydrogens is 474 g/mol. The van der Waals surface area contributed by atoms with Crippen LogP contribution in [-0.2, 0) is 20.9 Å². The maximum Gasteiger partial charge on any atom is 0.408 e. The molecule has 2 aromatic rings. The van der Waals surface area contributed by atoms with Gasteiger partial charge in [-0.15, -0.1) is 0 Å². The second kappa shape index (κ2) is 12.5. The third-order valence-corrected chi connectivity index (χ3v) is 6.19. The van der Waals surface area contributed by atoms with Crippen LogP contribution in [0.2, 0.25) is 0 Å². The summed E-state index contributed by atoms with van der Waals surface area (Å²) >= 11 is 0. The molecule has 3 rings (SSSR count). The monoisotopic (exact) mass is 511 g/mol. The van der Waals surface area contributed by atoms with E-state index in [0.717, 1.165) is 49.0 Å². The van der Waals surface area contributed by atoms with Gasteiger partial charge in [0.15, 0.2) is 0 Å². The van der Waals surface area contributed by atoms with Gasteiger partial charge in [0.1, 0.15) is 12.1 Å². The molecule has 1 aliphatic rings. The van der Waals surface area contributed by atoms with Gasteiger partial charge in [0, 0.05) is 51.1 Å². The lowest BCUT2D eigenvalue weighted by atomic mass is 9.92. The minimum Gasteiger partial charge on any atom is -0.481 e. The SMILES string of the molecule is CN(Cc1cccc(-c2cnc(N3CCC(CCC(=O)O)CC3)nc2)c1)C(=O)CNC(=O)OC(C)(C)C. The number of amides is 2. The number of benzene rings is 1. The quantitative estimate of drug-likeness (QED) is 0.522. The van der Waals surface area contributed by atoms with Crippen molar-refractivity contribution in [2.75, 3.05) is 31.6 Å². The maximum atomic E-state index is 12.5. The minimum absolute atomic E-state index is 0.142. The van der Waals surface area contributed by atoms with Crippen LogP contribution in [-0.4, -0.2) is 70.2 Å². The zero-order valence-electron chi connectivity index (χ0n) is 22.1. The molecule has 10 heteroatoms. The van der Waals surface area contributed by atoms with Gasteiger partial charge in [-0.1, -0.05) is 18.2 Å². The molecule has 2 amide bonds. The molecule has 1 aliphatic heterocycles. The Morgan fingerprint density at radius 3 is 2.43 bits per heavy atom. The van der Waals surface area contributed by atoms with E-state index in [4.69, 9.17) is 9.84 Å². The van der Waals surface area contributed by atoms with E-state index >= 15 is 0 Å². The summed E-state index contributed by atoms with van der Waals surface area (Å²) in [5.74, 6) is 0.154. The van der Waals surface area contributed by atoms with Crippen LogP contribution < -0.4 is 10.2 Å². The number of carbonyl (C=O) groups excluding carboxylic acids is 2. The first kappa shape index (κ1) is 27.9. The summed E-state index contributed by atoms with van der Waals surface area (Å²) in [4.78, 5) is 47.9. The number of carbonyl (C=O) groups is 3. The predicted molar refractivity (Wildman–Crippen MR) is 140 cm³/mol. The first-order valence-electron chi connectivity index (χ1n) is 12.6. The molecule has 0 atom stereocenters. The Morgan fingerprint density at radius 1 is 1.14 bits per heavy atom. The molecule has 0 bridgehead atoms. The Hall–Kier alpha value is -3.69. The zero-order chi connectivity index (χ0) is 27.0. The summed E-state index contributed by atoms with van der Waals surface area (Å²) < 4.78 is 5.17. The fourth-order valence-electron chi connectivity index (χ4n) is 4.19. The van der Waals surface area contributed by atoms with Crippen molar-refractivity contribution in [2.45, 2.75) is 58.6 Å². The van der Waals surface area contributed by atoms with Crippen molar-refractivity contribution in [3.8, 4) is 11.1 Å². The number of nitrogens with zero attached hydrogens (tertiary/aromatic N) is 4. The molecule has 200 valence electrons. The Balaban J connectivity index is 1.53. The van der Waals surface area contributed by atoms with E-state index in [1.807, 2.05) is 24.3 Å². The van der Waals surface area contributed by atoms with Crippen molar-refractivity contribution < 1.29 is 24.2 Å². The number of anilines is 1. The van der Waals surface area contributed by atoms with Gasteiger partial charge in [-0.3, -0.25) is 9.59 Å². The number of hydrogen-bond acceptors (Lipinski definition) is 7. The van der Waals surface area contributed by atoms with E-state index in [1.54, 1.807) is 45.1 Å². The van der Waals surface area contributed by atoms with E-state index in [0.29, 0.717) is 18.4 Å². The highest BCUT2D eigenvalue weighted by molar-refractivity contribution is 5.82. The lowest BCUT2D eigenvalue weighted by Gasteiger charge is -2.31. The zero-order valence-corrected chi connectivity index (χ0v) is 22.1. The molecule has 1 aromatic carbocycles. The van der Waals surface area contributed by atoms with Crippen LogP contribution in [0.1, 0.15) is 52.0 Å². The largest absolute Gasteiger partial charge is 0.481 e. The van der Waals surface area contributed by atoms with Gasteiger partial charge in [0.2, 0.25) is 11.9 Å². The van der Waals surface area contributed by atoms with Crippen LogP contribution in [0, 0.1) is 5.92 Å². The molecule has 0 saturated carbocycles. The van der Waals surface area contributed by atoms with Crippen molar-refractivity contribution in [2.24, 2.45) is 5.92 Å². The van der Waals surface area contributed by atoms with Crippen LogP contribution in [0.4, 0.5) is 10.7 Å². The van der Waals surface area contributed by atoms with Crippen LogP contribution in [0.3, 0.4) is 0 Å². The highest BCUT2D eigenvalue weighted by atomic mass is 16.6. The molecule has 0 aliphatic carbocycles. The Kier molecular flexibility index (Phi) is 9.43. The van der Waals surface area contributed by atoms with Gasteiger partial charge in [0.25, 0.3) is 0 Å². The molecular formula is C27H37N5O5. The molecule has 0 radical (unpaired) electrons. The third-order valence-electron chi connectivity index (χ3n) is 6.19. The van der Waals surface area contributed by atoms with Gasteiger partial charge >= 0.3 is 12.1 Å². The number of likely N-dealkylation sites (N-methyl/N-ethyl adjacent to an activating group) is 1. The van der Waals surface area contributed by atoms with Gasteiger partial charge in [-0.05, 0) is 63.1 Å². The van der Waals surface area contributed by atoms with Crippen molar-refractivity contribution >= 4 is 23.9 Å². The second-order valence-electron chi connectivity index (χ2n) is 10.4. The average molecular weight is 512 g/mol. The number of carboxylic acid groups (broad SMARTS) is 1. The molecule has 37 heavy (non-hydrogen) atoms. The first-order chi connectivity index (χ1) is 17.5. The topological polar surface area (TPSA) is 125 Å². The number of hydrogen-bond donors (Lipinski definition) is 2. The number of carboxylic acids is 1. The Labute approximate surface area is 218 Å². The highest BCUT2D eigenvalue weighted by Crippen LogP contribution is 2.25. The van der Waals surface area contributed by atoms with Crippen molar-refractivity contribution in [3.05, 3.63) is 42.2 Å². The fourth-order valence-corrected chi connectivity index (χ4v) is 4.19. The second-order valence-corrected chi connectivity index (χ2v) is 10.4. The number of nitrogens with one attached hydrogen (secondary N) is 1. The smallest absolute Gasteiger partial charge is 0.408 e. The summed E-state index contributed by atoms with van der Waals surface area (Å²) in [5.41, 5.74) is 2.14. The van der Waals surface area contributed by atoms with E-state index in [9.17, 15) is 14.4 Å². The number of aliphatic carboxylic acids is 1. The standard InChI is InChI=1S/C27H37N5O5/c1-27(2,3)37-26(36)30-17-23(33)31(4)18-20-6-5-7-21(14-20)22-15-28-25(29-16-22)32-12-10-19(11-13-32)8-9-24(34)35/h5-7,14-16,19H,8-13,17-18H2,1-4H3,(H,30,36)(H,34,35). The molecule has 0 spiro atoms. The lowest BCUT2D eigenvalue weighted by Crippen LogP contribution is -2.40. The summed E-state index contributed by atoms with van der Waals surface area (Å²) in [5, 5.41) is 11.4. The Morgan fingerprint density at radius 2 is 1.81 bits per heavy atom. The van der Waals surface area contributed by atoms with Crippen molar-refractivity contribution in [1.82, 2.24) is 20.2 Å². The third kappa shape index (κ3) is 9.04. The molecule has 2 heterocycles. The van der Waals surface area contributed by atoms with Crippen LogP contribution in [0.25, 0.3) is 11.1 Å². The summed E-state index contributed by atoms with van der Waals surface area (Å²) in [6.07, 6.45) is 5.82. The maximum absolute atomic E-state index is 12.5. The van der Waals surface area contributed by atoms with Gasteiger partial charge in [-0.25, -0.2) is 14.8 Å². The average Bonchev–Trinajstić information content (AvgIpc) is 2.85. The summed E-state index contributed by atoms with van der Waals surface area (Å²) in [7, 11) is 1.69. The van der Waals surface area contributed by atoms with E-state index in [1.165, 1.54) is 0 Å². The van der Waals surface area contributed by atoms with E-state index in [-0.39, 0.29) is 18.9 Å².